The number of H-pyrrole nitrogens is 1. The molecule has 0 spiro atoms. The van der Waals surface area contributed by atoms with Crippen molar-refractivity contribution >= 4 is 11.7 Å². The summed E-state index contributed by atoms with van der Waals surface area (Å²) in [5, 5.41) is 8.40. The molecule has 2 heterocycles. The number of halogens is 3. The van der Waals surface area contributed by atoms with Gasteiger partial charge in [-0.15, -0.1) is 0 Å². The number of anilines is 1. The molecular formula is C11H9F3N4O2. The summed E-state index contributed by atoms with van der Waals surface area (Å²) in [5.74, 6) is -0.356. The molecule has 0 bridgehead atoms. The van der Waals surface area contributed by atoms with Crippen LogP contribution in [0.25, 0.3) is 0 Å². The molecule has 2 N–H and O–H groups in total. The summed E-state index contributed by atoms with van der Waals surface area (Å²) in [7, 11) is 0. The first-order chi connectivity index (χ1) is 9.38. The summed E-state index contributed by atoms with van der Waals surface area (Å²) < 4.78 is 38.3. The maximum Gasteiger partial charge on any atom is 0.421 e. The number of amides is 1. The second-order valence-corrected chi connectivity index (χ2v) is 3.87. The van der Waals surface area contributed by atoms with Crippen molar-refractivity contribution in [3.8, 4) is 0 Å². The van der Waals surface area contributed by atoms with Gasteiger partial charge < -0.3 is 9.88 Å². The average Bonchev–Trinajstić information content (AvgIpc) is 2.83. The van der Waals surface area contributed by atoms with E-state index < -0.39 is 29.8 Å². The van der Waals surface area contributed by atoms with Gasteiger partial charge in [0, 0.05) is 12.3 Å². The fraction of sp³-hybridized carbons (Fsp3) is 0.182. The molecule has 2 aromatic rings. The maximum absolute atomic E-state index is 12.5. The largest absolute Gasteiger partial charge is 0.421 e. The SMILES string of the molecule is O=C(Cn1cccc(C(F)(F)F)c1=O)Nc1ccn[nH]1. The van der Waals surface area contributed by atoms with Crippen molar-refractivity contribution in [1.29, 1.82) is 0 Å². The van der Waals surface area contributed by atoms with Crippen LogP contribution in [0.5, 0.6) is 0 Å². The number of hydrogen-bond donors (Lipinski definition) is 2. The molecule has 2 aromatic heterocycles. The number of aromatic amines is 1. The molecule has 0 aliphatic rings. The van der Waals surface area contributed by atoms with Crippen LogP contribution in [0.2, 0.25) is 0 Å². The smallest absolute Gasteiger partial charge is 0.310 e. The van der Waals surface area contributed by atoms with Crippen LogP contribution in [0.4, 0.5) is 19.0 Å². The predicted molar refractivity (Wildman–Crippen MR) is 62.9 cm³/mol. The third-order valence-corrected chi connectivity index (χ3v) is 2.41. The summed E-state index contributed by atoms with van der Waals surface area (Å²) in [6.45, 7) is -0.526. The van der Waals surface area contributed by atoms with Gasteiger partial charge in [0.2, 0.25) is 5.91 Å². The lowest BCUT2D eigenvalue weighted by Gasteiger charge is -2.10. The first-order valence-electron chi connectivity index (χ1n) is 5.44. The zero-order valence-corrected chi connectivity index (χ0v) is 9.94. The van der Waals surface area contributed by atoms with E-state index in [4.69, 9.17) is 0 Å². The Kier molecular flexibility index (Phi) is 3.59. The molecule has 0 saturated carbocycles. The van der Waals surface area contributed by atoms with Gasteiger partial charge in [0.15, 0.2) is 0 Å². The summed E-state index contributed by atoms with van der Waals surface area (Å²) >= 11 is 0. The van der Waals surface area contributed by atoms with Crippen LogP contribution in [0.15, 0.2) is 35.4 Å². The fourth-order valence-electron chi connectivity index (χ4n) is 1.55. The van der Waals surface area contributed by atoms with E-state index in [-0.39, 0.29) is 5.82 Å². The van der Waals surface area contributed by atoms with E-state index in [2.05, 4.69) is 15.5 Å². The molecule has 0 atom stereocenters. The molecule has 0 unspecified atom stereocenters. The number of carbonyl (C=O) groups excluding carboxylic acids is 1. The molecule has 0 fully saturated rings. The lowest BCUT2D eigenvalue weighted by atomic mass is 10.2. The number of alkyl halides is 3. The van der Waals surface area contributed by atoms with Gasteiger partial charge in [-0.3, -0.25) is 14.7 Å². The van der Waals surface area contributed by atoms with Crippen molar-refractivity contribution in [1.82, 2.24) is 14.8 Å². The Balaban J connectivity index is 2.18. The van der Waals surface area contributed by atoms with E-state index in [0.717, 1.165) is 12.3 Å². The Bertz CT molecular complexity index is 661. The summed E-state index contributed by atoms with van der Waals surface area (Å²) in [6.07, 6.45) is -2.24. The molecular weight excluding hydrogens is 277 g/mol. The van der Waals surface area contributed by atoms with Crippen LogP contribution >= 0.6 is 0 Å². The van der Waals surface area contributed by atoms with Crippen LogP contribution in [-0.2, 0) is 17.5 Å². The summed E-state index contributed by atoms with van der Waals surface area (Å²) in [6, 6.07) is 3.20. The minimum absolute atomic E-state index is 0.287. The minimum atomic E-state index is -4.75. The first-order valence-corrected chi connectivity index (χ1v) is 5.44. The van der Waals surface area contributed by atoms with Gasteiger partial charge in [-0.05, 0) is 12.1 Å². The standard InChI is InChI=1S/C11H9F3N4O2/c12-11(13,14)7-2-1-5-18(10(7)20)6-9(19)16-8-3-4-15-17-8/h1-5H,6H2,(H2,15,16,17,19). The number of rotatable bonds is 3. The van der Waals surface area contributed by atoms with E-state index in [1.807, 2.05) is 0 Å². The van der Waals surface area contributed by atoms with Gasteiger partial charge in [-0.2, -0.15) is 18.3 Å². The highest BCUT2D eigenvalue weighted by Crippen LogP contribution is 2.25. The molecule has 0 saturated heterocycles. The van der Waals surface area contributed by atoms with Crippen molar-refractivity contribution in [3.05, 3.63) is 46.5 Å². The third kappa shape index (κ3) is 3.05. The van der Waals surface area contributed by atoms with Crippen molar-refractivity contribution < 1.29 is 18.0 Å². The molecule has 2 rings (SSSR count). The van der Waals surface area contributed by atoms with Crippen LogP contribution < -0.4 is 10.9 Å². The van der Waals surface area contributed by atoms with Gasteiger partial charge in [-0.25, -0.2) is 0 Å². The van der Waals surface area contributed by atoms with Gasteiger partial charge >= 0.3 is 6.18 Å². The zero-order valence-electron chi connectivity index (χ0n) is 9.94. The predicted octanol–water partition coefficient (Wildman–Crippen LogP) is 1.23. The third-order valence-electron chi connectivity index (χ3n) is 2.41. The number of carbonyl (C=O) groups is 1. The molecule has 0 aliphatic carbocycles. The molecule has 106 valence electrons. The van der Waals surface area contributed by atoms with Crippen molar-refractivity contribution in [2.75, 3.05) is 5.32 Å². The van der Waals surface area contributed by atoms with Gasteiger partial charge in [-0.1, -0.05) is 0 Å². The molecule has 9 heteroatoms. The second-order valence-electron chi connectivity index (χ2n) is 3.87. The zero-order chi connectivity index (χ0) is 14.8. The number of aromatic nitrogens is 3. The van der Waals surface area contributed by atoms with E-state index in [1.54, 1.807) is 0 Å². The van der Waals surface area contributed by atoms with E-state index in [9.17, 15) is 22.8 Å². The number of hydrogen-bond acceptors (Lipinski definition) is 3. The number of pyridine rings is 1. The average molecular weight is 286 g/mol. The Morgan fingerprint density at radius 2 is 2.15 bits per heavy atom. The Hall–Kier alpha value is -2.58. The first kappa shape index (κ1) is 13.8. The van der Waals surface area contributed by atoms with Crippen LogP contribution in [0.3, 0.4) is 0 Å². The highest BCUT2D eigenvalue weighted by molar-refractivity contribution is 5.89. The Morgan fingerprint density at radius 3 is 2.75 bits per heavy atom. The summed E-state index contributed by atoms with van der Waals surface area (Å²) in [4.78, 5) is 23.2. The van der Waals surface area contributed by atoms with Crippen molar-refractivity contribution in [2.24, 2.45) is 0 Å². The number of nitrogens with zero attached hydrogens (tertiary/aromatic N) is 2. The van der Waals surface area contributed by atoms with Crippen LogP contribution in [-0.4, -0.2) is 20.7 Å². The van der Waals surface area contributed by atoms with Gasteiger partial charge in [0.1, 0.15) is 17.9 Å². The minimum Gasteiger partial charge on any atom is -0.310 e. The van der Waals surface area contributed by atoms with Crippen molar-refractivity contribution in [3.63, 3.8) is 0 Å². The quantitative estimate of drug-likeness (QED) is 0.890. The van der Waals surface area contributed by atoms with Crippen molar-refractivity contribution in [2.45, 2.75) is 12.7 Å². The summed E-state index contributed by atoms with van der Waals surface area (Å²) in [5.41, 5.74) is -2.57. The topological polar surface area (TPSA) is 79.8 Å². The fourth-order valence-corrected chi connectivity index (χ4v) is 1.55. The maximum atomic E-state index is 12.5. The van der Waals surface area contributed by atoms with Crippen LogP contribution in [0.1, 0.15) is 5.56 Å². The lowest BCUT2D eigenvalue weighted by Crippen LogP contribution is -2.32. The molecule has 1 amide bonds. The normalized spacial score (nSPS) is 11.3. The molecule has 0 aromatic carbocycles. The Morgan fingerprint density at radius 1 is 1.40 bits per heavy atom. The highest BCUT2D eigenvalue weighted by atomic mass is 19.4. The van der Waals surface area contributed by atoms with E-state index >= 15 is 0 Å². The van der Waals surface area contributed by atoms with E-state index in [0.29, 0.717) is 10.6 Å². The molecule has 6 nitrogen and oxygen atoms in total. The Labute approximate surface area is 110 Å². The van der Waals surface area contributed by atoms with Gasteiger partial charge in [0.05, 0.1) is 6.20 Å². The van der Waals surface area contributed by atoms with E-state index in [1.165, 1.54) is 12.3 Å². The molecule has 0 aliphatic heterocycles. The molecule has 0 radical (unpaired) electrons. The highest BCUT2D eigenvalue weighted by Gasteiger charge is 2.34. The molecule has 20 heavy (non-hydrogen) atoms. The lowest BCUT2D eigenvalue weighted by molar-refractivity contribution is -0.139. The number of nitrogens with one attached hydrogen (secondary N) is 2. The monoisotopic (exact) mass is 286 g/mol. The van der Waals surface area contributed by atoms with Crippen LogP contribution in [0, 0.1) is 0 Å². The van der Waals surface area contributed by atoms with Gasteiger partial charge in [0.25, 0.3) is 5.56 Å². The second kappa shape index (κ2) is 5.19.